The molecule has 2 rings (SSSR count). The van der Waals surface area contributed by atoms with Gasteiger partial charge in [0.2, 0.25) is 0 Å². The number of nitrogens with zero attached hydrogens (tertiary/aromatic N) is 3. The van der Waals surface area contributed by atoms with Crippen molar-refractivity contribution in [3.63, 3.8) is 0 Å². The van der Waals surface area contributed by atoms with E-state index < -0.39 is 0 Å². The van der Waals surface area contributed by atoms with E-state index in [-0.39, 0.29) is 5.82 Å². The van der Waals surface area contributed by atoms with Gasteiger partial charge >= 0.3 is 0 Å². The van der Waals surface area contributed by atoms with Crippen LogP contribution in [0.4, 0.5) is 9.52 Å². The van der Waals surface area contributed by atoms with E-state index in [1.54, 1.807) is 23.5 Å². The van der Waals surface area contributed by atoms with Crippen LogP contribution in [-0.2, 0) is 13.1 Å². The van der Waals surface area contributed by atoms with Gasteiger partial charge < -0.3 is 15.5 Å². The van der Waals surface area contributed by atoms with Crippen LogP contribution < -0.4 is 15.5 Å². The van der Waals surface area contributed by atoms with E-state index in [2.05, 4.69) is 20.6 Å². The molecule has 124 valence electrons. The zero-order chi connectivity index (χ0) is 16.7. The zero-order valence-corrected chi connectivity index (χ0v) is 14.5. The molecule has 7 heteroatoms. The molecule has 0 unspecified atom stereocenters. The third kappa shape index (κ3) is 5.52. The molecule has 0 spiro atoms. The maximum atomic E-state index is 12.9. The Balaban J connectivity index is 1.94. The molecule has 5 nitrogen and oxygen atoms in total. The van der Waals surface area contributed by atoms with E-state index in [0.29, 0.717) is 13.1 Å². The Morgan fingerprint density at radius 2 is 2.00 bits per heavy atom. The highest BCUT2D eigenvalue weighted by molar-refractivity contribution is 7.13. The third-order valence-electron chi connectivity index (χ3n) is 3.04. The summed E-state index contributed by atoms with van der Waals surface area (Å²) in [4.78, 5) is 11.0. The first-order chi connectivity index (χ1) is 11.1. The smallest absolute Gasteiger partial charge is 0.191 e. The zero-order valence-electron chi connectivity index (χ0n) is 13.6. The largest absolute Gasteiger partial charge is 0.357 e. The third-order valence-corrected chi connectivity index (χ3v) is 4.09. The van der Waals surface area contributed by atoms with Crippen molar-refractivity contribution >= 4 is 22.4 Å². The molecule has 1 heterocycles. The fraction of sp³-hybridized carbons (Fsp3) is 0.375. The predicted octanol–water partition coefficient (Wildman–Crippen LogP) is 2.60. The van der Waals surface area contributed by atoms with Crippen LogP contribution in [0.5, 0.6) is 0 Å². The van der Waals surface area contributed by atoms with Crippen molar-refractivity contribution < 1.29 is 4.39 Å². The molecule has 23 heavy (non-hydrogen) atoms. The first-order valence-electron chi connectivity index (χ1n) is 7.47. The van der Waals surface area contributed by atoms with Crippen molar-refractivity contribution in [1.29, 1.82) is 0 Å². The van der Waals surface area contributed by atoms with E-state index >= 15 is 0 Å². The average Bonchev–Trinajstić information content (AvgIpc) is 3.01. The Morgan fingerprint density at radius 3 is 2.61 bits per heavy atom. The molecular weight excluding hydrogens is 313 g/mol. The van der Waals surface area contributed by atoms with E-state index in [4.69, 9.17) is 0 Å². The molecule has 0 saturated carbocycles. The number of rotatable bonds is 6. The first kappa shape index (κ1) is 17.2. The summed E-state index contributed by atoms with van der Waals surface area (Å²) in [6, 6.07) is 6.38. The SMILES string of the molecule is CCNC(=NCc1ccc(F)cc1)NCc1csc(N(C)C)n1. The van der Waals surface area contributed by atoms with Crippen LogP contribution >= 0.6 is 11.3 Å². The monoisotopic (exact) mass is 335 g/mol. The number of hydrogen-bond acceptors (Lipinski definition) is 4. The lowest BCUT2D eigenvalue weighted by molar-refractivity contribution is 0.627. The quantitative estimate of drug-likeness (QED) is 0.629. The van der Waals surface area contributed by atoms with Gasteiger partial charge in [-0.3, -0.25) is 0 Å². The van der Waals surface area contributed by atoms with Gasteiger partial charge in [-0.1, -0.05) is 12.1 Å². The normalized spacial score (nSPS) is 11.4. The summed E-state index contributed by atoms with van der Waals surface area (Å²) in [7, 11) is 3.95. The van der Waals surface area contributed by atoms with Gasteiger partial charge in [0, 0.05) is 26.0 Å². The number of benzene rings is 1. The molecule has 0 aliphatic carbocycles. The molecule has 0 bridgehead atoms. The minimum atomic E-state index is -0.233. The number of anilines is 1. The number of nitrogens with one attached hydrogen (secondary N) is 2. The van der Waals surface area contributed by atoms with E-state index in [1.807, 2.05) is 31.3 Å². The Kier molecular flexibility index (Phi) is 6.34. The molecule has 2 aromatic rings. The van der Waals surface area contributed by atoms with Gasteiger partial charge in [-0.2, -0.15) is 0 Å². The number of thiazole rings is 1. The molecule has 0 fully saturated rings. The number of aliphatic imine (C=N–C) groups is 1. The van der Waals surface area contributed by atoms with Crippen LogP contribution in [0.15, 0.2) is 34.6 Å². The summed E-state index contributed by atoms with van der Waals surface area (Å²) in [5.74, 6) is 0.485. The van der Waals surface area contributed by atoms with Crippen LogP contribution in [0.25, 0.3) is 0 Å². The molecule has 1 aromatic carbocycles. The van der Waals surface area contributed by atoms with Crippen molar-refractivity contribution in [3.05, 3.63) is 46.7 Å². The highest BCUT2D eigenvalue weighted by Crippen LogP contribution is 2.17. The maximum absolute atomic E-state index is 12.9. The van der Waals surface area contributed by atoms with Gasteiger partial charge in [0.25, 0.3) is 0 Å². The van der Waals surface area contributed by atoms with Crippen molar-refractivity contribution in [2.45, 2.75) is 20.0 Å². The topological polar surface area (TPSA) is 52.6 Å². The van der Waals surface area contributed by atoms with Gasteiger partial charge in [0.15, 0.2) is 11.1 Å². The van der Waals surface area contributed by atoms with Crippen LogP contribution in [-0.4, -0.2) is 31.6 Å². The standard InChI is InChI=1S/C16H22FN5S/c1-4-18-15(19-9-12-5-7-13(17)8-6-12)20-10-14-11-23-16(21-14)22(2)3/h5-8,11H,4,9-10H2,1-3H3,(H2,18,19,20). The van der Waals surface area contributed by atoms with E-state index in [9.17, 15) is 4.39 Å². The number of guanidine groups is 1. The lowest BCUT2D eigenvalue weighted by atomic mass is 10.2. The van der Waals surface area contributed by atoms with E-state index in [1.165, 1.54) is 12.1 Å². The molecule has 1 aromatic heterocycles. The summed E-state index contributed by atoms with van der Waals surface area (Å²) in [6.07, 6.45) is 0. The number of aromatic nitrogens is 1. The lowest BCUT2D eigenvalue weighted by Gasteiger charge is -2.10. The average molecular weight is 335 g/mol. The van der Waals surface area contributed by atoms with Crippen molar-refractivity contribution in [1.82, 2.24) is 15.6 Å². The summed E-state index contributed by atoms with van der Waals surface area (Å²) < 4.78 is 12.9. The van der Waals surface area contributed by atoms with Crippen molar-refractivity contribution in [2.75, 3.05) is 25.5 Å². The minimum absolute atomic E-state index is 0.233. The molecule has 0 amide bonds. The summed E-state index contributed by atoms with van der Waals surface area (Å²) in [6.45, 7) is 3.90. The second-order valence-corrected chi connectivity index (χ2v) is 6.03. The van der Waals surface area contributed by atoms with Gasteiger partial charge in [0.05, 0.1) is 18.8 Å². The molecular formula is C16H22FN5S. The Labute approximate surface area is 140 Å². The van der Waals surface area contributed by atoms with Gasteiger partial charge in [-0.15, -0.1) is 11.3 Å². The number of halogens is 1. The first-order valence-corrected chi connectivity index (χ1v) is 8.34. The molecule has 0 atom stereocenters. The van der Waals surface area contributed by atoms with Crippen molar-refractivity contribution in [2.24, 2.45) is 4.99 Å². The fourth-order valence-corrected chi connectivity index (χ4v) is 2.62. The fourth-order valence-electron chi connectivity index (χ4n) is 1.86. The van der Waals surface area contributed by atoms with Gasteiger partial charge in [-0.25, -0.2) is 14.4 Å². The molecule has 0 radical (unpaired) electrons. The maximum Gasteiger partial charge on any atom is 0.191 e. The number of hydrogen-bond donors (Lipinski definition) is 2. The Morgan fingerprint density at radius 1 is 1.26 bits per heavy atom. The van der Waals surface area contributed by atoms with Gasteiger partial charge in [0.1, 0.15) is 5.82 Å². The van der Waals surface area contributed by atoms with Crippen LogP contribution in [0, 0.1) is 5.82 Å². The Bertz CT molecular complexity index is 636. The second-order valence-electron chi connectivity index (χ2n) is 5.19. The van der Waals surface area contributed by atoms with Crippen LogP contribution in [0.3, 0.4) is 0 Å². The van der Waals surface area contributed by atoms with E-state index in [0.717, 1.165) is 28.9 Å². The molecule has 2 N–H and O–H groups in total. The highest BCUT2D eigenvalue weighted by atomic mass is 32.1. The molecule has 0 aliphatic rings. The van der Waals surface area contributed by atoms with Crippen LogP contribution in [0.1, 0.15) is 18.2 Å². The summed E-state index contributed by atoms with van der Waals surface area (Å²) >= 11 is 1.61. The summed E-state index contributed by atoms with van der Waals surface area (Å²) in [5, 5.41) is 9.47. The molecule has 0 aliphatic heterocycles. The second kappa shape index (κ2) is 8.47. The Hall–Kier alpha value is -2.15. The predicted molar refractivity (Wildman–Crippen MR) is 94.5 cm³/mol. The van der Waals surface area contributed by atoms with Gasteiger partial charge in [-0.05, 0) is 24.6 Å². The molecule has 0 saturated heterocycles. The van der Waals surface area contributed by atoms with Crippen molar-refractivity contribution in [3.8, 4) is 0 Å². The summed E-state index contributed by atoms with van der Waals surface area (Å²) in [5.41, 5.74) is 1.94. The minimum Gasteiger partial charge on any atom is -0.357 e. The lowest BCUT2D eigenvalue weighted by Crippen LogP contribution is -2.36. The highest BCUT2D eigenvalue weighted by Gasteiger charge is 2.04. The van der Waals surface area contributed by atoms with Crippen LogP contribution in [0.2, 0.25) is 0 Å².